The summed E-state index contributed by atoms with van der Waals surface area (Å²) in [5, 5.41) is 17.3. The van der Waals surface area contributed by atoms with Crippen LogP contribution >= 0.6 is 15.9 Å². The van der Waals surface area contributed by atoms with E-state index in [1.54, 1.807) is 7.11 Å². The summed E-state index contributed by atoms with van der Waals surface area (Å²) in [4.78, 5) is 0. The zero-order valence-electron chi connectivity index (χ0n) is 16.6. The molecule has 5 unspecified atom stereocenters. The predicted molar refractivity (Wildman–Crippen MR) is 108 cm³/mol. The maximum absolute atomic E-state index is 10.1. The zero-order chi connectivity index (χ0) is 19.0. The van der Waals surface area contributed by atoms with E-state index in [9.17, 15) is 5.26 Å². The van der Waals surface area contributed by atoms with Crippen LogP contribution in [0.5, 0.6) is 0 Å². The Hall–Kier alpha value is -0.830. The number of rotatable bonds is 5. The molecule has 4 nitrogen and oxygen atoms in total. The molecule has 0 aromatic carbocycles. The van der Waals surface area contributed by atoms with Crippen LogP contribution in [0.2, 0.25) is 0 Å². The third-order valence-electron chi connectivity index (χ3n) is 6.24. The molecule has 0 aromatic rings. The van der Waals surface area contributed by atoms with E-state index in [-0.39, 0.29) is 12.3 Å². The summed E-state index contributed by atoms with van der Waals surface area (Å²) in [6.07, 6.45) is 5.31. The Morgan fingerprint density at radius 1 is 1.31 bits per heavy atom. The van der Waals surface area contributed by atoms with Crippen LogP contribution in [0.1, 0.15) is 47.0 Å². The second-order valence-corrected chi connectivity index (χ2v) is 9.72. The first-order valence-corrected chi connectivity index (χ1v) is 10.7. The molecule has 0 bridgehead atoms. The van der Waals surface area contributed by atoms with Crippen LogP contribution in [0.3, 0.4) is 0 Å². The van der Waals surface area contributed by atoms with Crippen LogP contribution in [0.25, 0.3) is 0 Å². The first kappa shape index (κ1) is 19.9. The monoisotopic (exact) mass is 421 g/mol. The van der Waals surface area contributed by atoms with Gasteiger partial charge in [-0.2, -0.15) is 5.26 Å². The molecule has 3 aliphatic rings. The van der Waals surface area contributed by atoms with Gasteiger partial charge < -0.3 is 10.1 Å². The minimum Gasteiger partial charge on any atom is -0.350 e. The number of allylic oxidation sites excluding steroid dienone is 3. The van der Waals surface area contributed by atoms with Gasteiger partial charge in [0.25, 0.3) is 0 Å². The first-order valence-electron chi connectivity index (χ1n) is 9.90. The molecular weight excluding hydrogens is 390 g/mol. The largest absolute Gasteiger partial charge is 0.350 e. The quantitative estimate of drug-likeness (QED) is 0.685. The Kier molecular flexibility index (Phi) is 6.16. The molecule has 2 N–H and O–H groups in total. The van der Waals surface area contributed by atoms with Crippen molar-refractivity contribution in [3.8, 4) is 6.07 Å². The fourth-order valence-electron chi connectivity index (χ4n) is 4.84. The lowest BCUT2D eigenvalue weighted by molar-refractivity contribution is 0.0314. The summed E-state index contributed by atoms with van der Waals surface area (Å²) in [5.41, 5.74) is 2.51. The van der Waals surface area contributed by atoms with Crippen molar-refractivity contribution >= 4 is 15.9 Å². The summed E-state index contributed by atoms with van der Waals surface area (Å²) >= 11 is 3.69. The van der Waals surface area contributed by atoms with Crippen LogP contribution in [0, 0.1) is 46.8 Å². The van der Waals surface area contributed by atoms with Crippen molar-refractivity contribution in [2.75, 3.05) is 7.11 Å². The first-order chi connectivity index (χ1) is 12.3. The lowest BCUT2D eigenvalue weighted by atomic mass is 9.75. The highest BCUT2D eigenvalue weighted by molar-refractivity contribution is 9.11. The summed E-state index contributed by atoms with van der Waals surface area (Å²) < 4.78 is 6.86. The van der Waals surface area contributed by atoms with E-state index >= 15 is 0 Å². The number of hydrogen-bond acceptors (Lipinski definition) is 4. The van der Waals surface area contributed by atoms with Crippen molar-refractivity contribution < 1.29 is 4.74 Å². The molecule has 1 aliphatic heterocycles. The highest BCUT2D eigenvalue weighted by Gasteiger charge is 2.46. The van der Waals surface area contributed by atoms with E-state index in [1.165, 1.54) is 16.5 Å². The Morgan fingerprint density at radius 3 is 2.50 bits per heavy atom. The molecule has 0 amide bonds. The smallest absolute Gasteiger partial charge is 0.184 e. The van der Waals surface area contributed by atoms with Crippen LogP contribution < -0.4 is 10.6 Å². The number of nitrogens with zero attached hydrogens (tertiary/aromatic N) is 1. The van der Waals surface area contributed by atoms with E-state index in [1.807, 2.05) is 0 Å². The molecule has 0 spiro atoms. The molecule has 3 rings (SSSR count). The SMILES string of the molecule is COC1NC(C(C#N)[C@@H]2CC(Br)=CC(C)C2)=C(C(C)C)C([C@@H]2CC2C)N1. The van der Waals surface area contributed by atoms with Gasteiger partial charge in [0.1, 0.15) is 0 Å². The summed E-state index contributed by atoms with van der Waals surface area (Å²) in [6, 6.07) is 2.96. The molecule has 0 aromatic heterocycles. The van der Waals surface area contributed by atoms with Gasteiger partial charge in [-0.1, -0.05) is 49.7 Å². The van der Waals surface area contributed by atoms with Crippen LogP contribution in [-0.2, 0) is 4.74 Å². The molecule has 2 aliphatic carbocycles. The van der Waals surface area contributed by atoms with E-state index < -0.39 is 0 Å². The third kappa shape index (κ3) is 4.03. The van der Waals surface area contributed by atoms with Gasteiger partial charge in [-0.05, 0) is 58.9 Å². The molecule has 7 atom stereocenters. The second kappa shape index (κ2) is 8.04. The van der Waals surface area contributed by atoms with Gasteiger partial charge in [0.2, 0.25) is 0 Å². The normalized spacial score (nSPS) is 38.5. The third-order valence-corrected chi connectivity index (χ3v) is 6.83. The number of nitriles is 1. The average molecular weight is 422 g/mol. The minimum atomic E-state index is -0.221. The maximum atomic E-state index is 10.1. The lowest BCUT2D eigenvalue weighted by Gasteiger charge is -2.41. The van der Waals surface area contributed by atoms with Gasteiger partial charge in [0.15, 0.2) is 6.35 Å². The number of nitrogens with one attached hydrogen (secondary N) is 2. The van der Waals surface area contributed by atoms with Crippen molar-refractivity contribution in [2.24, 2.45) is 35.5 Å². The summed E-state index contributed by atoms with van der Waals surface area (Å²) in [6.45, 7) is 9.06. The second-order valence-electron chi connectivity index (χ2n) is 8.70. The minimum absolute atomic E-state index is 0.118. The van der Waals surface area contributed by atoms with Gasteiger partial charge in [-0.25, -0.2) is 0 Å². The van der Waals surface area contributed by atoms with Crippen molar-refractivity contribution in [3.63, 3.8) is 0 Å². The Balaban J connectivity index is 1.98. The molecule has 0 saturated heterocycles. The van der Waals surface area contributed by atoms with Crippen LogP contribution in [0.15, 0.2) is 21.8 Å². The number of ether oxygens (including phenoxy) is 1. The molecule has 26 heavy (non-hydrogen) atoms. The van der Waals surface area contributed by atoms with Gasteiger partial charge in [0.05, 0.1) is 12.0 Å². The van der Waals surface area contributed by atoms with Gasteiger partial charge in [0, 0.05) is 18.8 Å². The van der Waals surface area contributed by atoms with E-state index in [2.05, 4.69) is 66.4 Å². The highest BCUT2D eigenvalue weighted by atomic mass is 79.9. The van der Waals surface area contributed by atoms with Crippen molar-refractivity contribution in [1.29, 1.82) is 5.26 Å². The van der Waals surface area contributed by atoms with Crippen molar-refractivity contribution in [1.82, 2.24) is 10.6 Å². The van der Waals surface area contributed by atoms with E-state index in [0.717, 1.165) is 24.5 Å². The average Bonchev–Trinajstić information content (AvgIpc) is 3.30. The number of hydrogen-bond donors (Lipinski definition) is 2. The summed E-state index contributed by atoms with van der Waals surface area (Å²) in [5.74, 6) is 2.51. The van der Waals surface area contributed by atoms with Crippen molar-refractivity contribution in [2.45, 2.75) is 59.4 Å². The predicted octanol–water partition coefficient (Wildman–Crippen LogP) is 4.51. The lowest BCUT2D eigenvalue weighted by Crippen LogP contribution is -2.57. The summed E-state index contributed by atoms with van der Waals surface area (Å²) in [7, 11) is 1.72. The number of halogens is 1. The molecule has 5 heteroatoms. The topological polar surface area (TPSA) is 57.1 Å². The number of methoxy groups -OCH3 is 1. The Bertz CT molecular complexity index is 636. The molecule has 144 valence electrons. The Morgan fingerprint density at radius 2 is 2.00 bits per heavy atom. The molecule has 1 fully saturated rings. The molecule has 1 heterocycles. The van der Waals surface area contributed by atoms with Crippen LogP contribution in [-0.4, -0.2) is 19.5 Å². The van der Waals surface area contributed by atoms with E-state index in [0.29, 0.717) is 29.7 Å². The fraction of sp³-hybridized carbons (Fsp3) is 0.762. The van der Waals surface area contributed by atoms with Gasteiger partial charge in [-0.15, -0.1) is 0 Å². The standard InChI is InChI=1S/C21H32BrN3O/c1-11(2)18-19(16-8-13(16)4)24-21(26-5)25-20(18)17(10-23)14-6-12(3)7-15(22)9-14/h7,11-14,16-17,19,21,24-25H,6,8-9H2,1-5H3/t12?,13?,14-,16+,17?,19?,21?/m0/s1. The molecule has 0 radical (unpaired) electrons. The van der Waals surface area contributed by atoms with Crippen LogP contribution in [0.4, 0.5) is 0 Å². The molecular formula is C21H32BrN3O. The molecule has 1 saturated carbocycles. The maximum Gasteiger partial charge on any atom is 0.184 e. The van der Waals surface area contributed by atoms with Gasteiger partial charge >= 0.3 is 0 Å². The van der Waals surface area contributed by atoms with Gasteiger partial charge in [-0.3, -0.25) is 5.32 Å². The van der Waals surface area contributed by atoms with Crippen molar-refractivity contribution in [3.05, 3.63) is 21.8 Å². The van der Waals surface area contributed by atoms with E-state index in [4.69, 9.17) is 4.74 Å². The zero-order valence-corrected chi connectivity index (χ0v) is 18.1. The Labute approximate surface area is 166 Å². The fourth-order valence-corrected chi connectivity index (χ4v) is 5.71. The highest BCUT2D eigenvalue weighted by Crippen LogP contribution is 2.47.